The molecular weight excluding hydrogens is 262 g/mol. The molecule has 1 unspecified atom stereocenters. The van der Waals surface area contributed by atoms with Crippen molar-refractivity contribution in [3.8, 4) is 0 Å². The van der Waals surface area contributed by atoms with Crippen LogP contribution in [0.3, 0.4) is 0 Å². The first-order valence-electron chi connectivity index (χ1n) is 6.97. The molecule has 0 aromatic heterocycles. The van der Waals surface area contributed by atoms with Crippen molar-refractivity contribution in [1.82, 2.24) is 4.90 Å². The zero-order valence-corrected chi connectivity index (χ0v) is 12.8. The Labute approximate surface area is 120 Å². The summed E-state index contributed by atoms with van der Waals surface area (Å²) in [6, 6.07) is 0. The van der Waals surface area contributed by atoms with Crippen LogP contribution >= 0.6 is 0 Å². The van der Waals surface area contributed by atoms with E-state index in [-0.39, 0.29) is 0 Å². The van der Waals surface area contributed by atoms with Crippen molar-refractivity contribution in [1.29, 1.82) is 0 Å². The number of hydrogen-bond donors (Lipinski definition) is 1. The highest BCUT2D eigenvalue weighted by atomic mass is 16.6. The number of esters is 1. The molecule has 6 nitrogen and oxygen atoms in total. The number of rotatable bonds is 2. The summed E-state index contributed by atoms with van der Waals surface area (Å²) in [5.41, 5.74) is -1.98. The van der Waals surface area contributed by atoms with Crippen LogP contribution in [-0.4, -0.2) is 53.5 Å². The van der Waals surface area contributed by atoms with E-state index in [9.17, 15) is 14.7 Å². The van der Waals surface area contributed by atoms with Crippen molar-refractivity contribution in [3.63, 3.8) is 0 Å². The lowest BCUT2D eigenvalue weighted by Gasteiger charge is -2.39. The molecule has 1 aliphatic rings. The molecule has 0 aromatic carbocycles. The number of carbonyl (C=O) groups is 2. The first-order chi connectivity index (χ1) is 9.27. The Hall–Kier alpha value is -1.30. The first-order valence-corrected chi connectivity index (χ1v) is 6.97. The van der Waals surface area contributed by atoms with E-state index in [0.29, 0.717) is 13.0 Å². The van der Waals surface area contributed by atoms with E-state index in [0.717, 1.165) is 19.3 Å². The van der Waals surface area contributed by atoms with Crippen molar-refractivity contribution in [2.75, 3.05) is 20.3 Å². The minimum absolute atomic E-state index is 0.380. The standard InChI is InChI=1S/C14H25NO5/c1-13(2,3)20-12(18)15-9-7-5-6-8-14(15,10-16)11(17)19-4/h16H,5-10H2,1-4H3. The summed E-state index contributed by atoms with van der Waals surface area (Å²) in [5, 5.41) is 9.74. The molecule has 1 rings (SSSR count). The second-order valence-corrected chi connectivity index (χ2v) is 6.12. The van der Waals surface area contributed by atoms with Gasteiger partial charge in [-0.25, -0.2) is 9.59 Å². The molecule has 1 heterocycles. The van der Waals surface area contributed by atoms with Crippen LogP contribution in [0.15, 0.2) is 0 Å². The van der Waals surface area contributed by atoms with Crippen molar-refractivity contribution < 1.29 is 24.2 Å². The van der Waals surface area contributed by atoms with Crippen LogP contribution in [0.4, 0.5) is 4.79 Å². The Morgan fingerprint density at radius 3 is 2.40 bits per heavy atom. The van der Waals surface area contributed by atoms with E-state index in [2.05, 4.69) is 0 Å². The Morgan fingerprint density at radius 2 is 1.90 bits per heavy atom. The molecule has 0 radical (unpaired) electrons. The number of likely N-dealkylation sites (tertiary alicyclic amines) is 1. The zero-order chi connectivity index (χ0) is 15.4. The van der Waals surface area contributed by atoms with Crippen LogP contribution in [0.1, 0.15) is 46.5 Å². The van der Waals surface area contributed by atoms with E-state index < -0.39 is 29.8 Å². The van der Waals surface area contributed by atoms with Crippen LogP contribution < -0.4 is 0 Å². The van der Waals surface area contributed by atoms with Gasteiger partial charge in [-0.1, -0.05) is 12.8 Å². The smallest absolute Gasteiger partial charge is 0.411 e. The quantitative estimate of drug-likeness (QED) is 0.782. The predicted octanol–water partition coefficient (Wildman–Crippen LogP) is 1.70. The van der Waals surface area contributed by atoms with Crippen LogP contribution in [0.5, 0.6) is 0 Å². The maximum absolute atomic E-state index is 12.3. The fourth-order valence-corrected chi connectivity index (χ4v) is 2.43. The highest BCUT2D eigenvalue weighted by Gasteiger charge is 2.48. The van der Waals surface area contributed by atoms with Crippen LogP contribution in [0, 0.1) is 0 Å². The van der Waals surface area contributed by atoms with Gasteiger partial charge in [0.15, 0.2) is 5.54 Å². The average Bonchev–Trinajstić information content (AvgIpc) is 2.58. The van der Waals surface area contributed by atoms with E-state index in [4.69, 9.17) is 9.47 Å². The molecule has 6 heteroatoms. The van der Waals surface area contributed by atoms with Gasteiger partial charge in [-0.2, -0.15) is 0 Å². The Balaban J connectivity index is 3.07. The molecule has 1 aliphatic heterocycles. The molecule has 1 amide bonds. The number of ether oxygens (including phenoxy) is 2. The first kappa shape index (κ1) is 16.8. The molecule has 116 valence electrons. The minimum Gasteiger partial charge on any atom is -0.467 e. The van der Waals surface area contributed by atoms with E-state index in [1.165, 1.54) is 12.0 Å². The number of carbonyl (C=O) groups excluding carboxylic acids is 2. The van der Waals surface area contributed by atoms with Crippen LogP contribution in [0.25, 0.3) is 0 Å². The van der Waals surface area contributed by atoms with Gasteiger partial charge < -0.3 is 14.6 Å². The molecule has 0 spiro atoms. The lowest BCUT2D eigenvalue weighted by atomic mass is 9.93. The second-order valence-electron chi connectivity index (χ2n) is 6.12. The van der Waals surface area contributed by atoms with E-state index in [1.807, 2.05) is 0 Å². The third-order valence-electron chi connectivity index (χ3n) is 3.43. The summed E-state index contributed by atoms with van der Waals surface area (Å²) in [7, 11) is 1.26. The Bertz CT molecular complexity index is 363. The highest BCUT2D eigenvalue weighted by Crippen LogP contribution is 2.30. The number of aliphatic hydroxyl groups excluding tert-OH is 1. The third kappa shape index (κ3) is 3.62. The van der Waals surface area contributed by atoms with Gasteiger partial charge in [0, 0.05) is 6.54 Å². The molecule has 0 saturated carbocycles. The maximum Gasteiger partial charge on any atom is 0.411 e. The van der Waals surface area contributed by atoms with Crippen molar-refractivity contribution >= 4 is 12.1 Å². The van der Waals surface area contributed by atoms with Gasteiger partial charge in [-0.15, -0.1) is 0 Å². The van der Waals surface area contributed by atoms with Gasteiger partial charge in [-0.05, 0) is 33.6 Å². The number of methoxy groups -OCH3 is 1. The van der Waals surface area contributed by atoms with E-state index >= 15 is 0 Å². The Kier molecular flexibility index (Phi) is 5.39. The molecule has 0 aromatic rings. The summed E-state index contributed by atoms with van der Waals surface area (Å²) in [6.45, 7) is 5.22. The molecule has 1 N–H and O–H groups in total. The SMILES string of the molecule is COC(=O)C1(CO)CCCCCN1C(=O)OC(C)(C)C. The van der Waals surface area contributed by atoms with Crippen molar-refractivity contribution in [3.05, 3.63) is 0 Å². The largest absolute Gasteiger partial charge is 0.467 e. The Morgan fingerprint density at radius 1 is 1.25 bits per heavy atom. The van der Waals surface area contributed by atoms with Crippen LogP contribution in [-0.2, 0) is 14.3 Å². The predicted molar refractivity (Wildman–Crippen MR) is 73.2 cm³/mol. The van der Waals surface area contributed by atoms with Gasteiger partial charge in [0.2, 0.25) is 0 Å². The minimum atomic E-state index is -1.33. The van der Waals surface area contributed by atoms with E-state index in [1.54, 1.807) is 20.8 Å². The number of aliphatic hydroxyl groups is 1. The lowest BCUT2D eigenvalue weighted by Crippen LogP contribution is -2.60. The summed E-state index contributed by atoms with van der Waals surface area (Å²) in [5.74, 6) is -0.590. The van der Waals surface area contributed by atoms with Gasteiger partial charge in [-0.3, -0.25) is 4.90 Å². The normalized spacial score (nSPS) is 23.9. The van der Waals surface area contributed by atoms with Gasteiger partial charge in [0.1, 0.15) is 5.60 Å². The molecule has 1 atom stereocenters. The van der Waals surface area contributed by atoms with Gasteiger partial charge in [0.05, 0.1) is 13.7 Å². The molecule has 0 aliphatic carbocycles. The van der Waals surface area contributed by atoms with Crippen molar-refractivity contribution in [2.24, 2.45) is 0 Å². The third-order valence-corrected chi connectivity index (χ3v) is 3.43. The van der Waals surface area contributed by atoms with Crippen molar-refractivity contribution in [2.45, 2.75) is 57.6 Å². The average molecular weight is 287 g/mol. The summed E-state index contributed by atoms with van der Waals surface area (Å²) in [6.07, 6.45) is 2.24. The molecule has 1 saturated heterocycles. The summed E-state index contributed by atoms with van der Waals surface area (Å²) in [4.78, 5) is 25.8. The molecule has 1 fully saturated rings. The molecule has 20 heavy (non-hydrogen) atoms. The number of amides is 1. The summed E-state index contributed by atoms with van der Waals surface area (Å²) >= 11 is 0. The topological polar surface area (TPSA) is 76.1 Å². The lowest BCUT2D eigenvalue weighted by molar-refractivity contribution is -0.158. The number of nitrogens with zero attached hydrogens (tertiary/aromatic N) is 1. The monoisotopic (exact) mass is 287 g/mol. The molecule has 0 bridgehead atoms. The molecular formula is C14H25NO5. The summed E-state index contributed by atoms with van der Waals surface area (Å²) < 4.78 is 10.2. The second kappa shape index (κ2) is 6.43. The zero-order valence-electron chi connectivity index (χ0n) is 12.8. The van der Waals surface area contributed by atoms with Gasteiger partial charge in [0.25, 0.3) is 0 Å². The fourth-order valence-electron chi connectivity index (χ4n) is 2.43. The van der Waals surface area contributed by atoms with Gasteiger partial charge >= 0.3 is 12.1 Å². The highest BCUT2D eigenvalue weighted by molar-refractivity contribution is 5.86. The van der Waals surface area contributed by atoms with Crippen LogP contribution in [0.2, 0.25) is 0 Å². The fraction of sp³-hybridized carbons (Fsp3) is 0.857. The maximum atomic E-state index is 12.3. The number of hydrogen-bond acceptors (Lipinski definition) is 5.